The summed E-state index contributed by atoms with van der Waals surface area (Å²) in [5.74, 6) is -1.20. The molecule has 0 aliphatic carbocycles. The maximum absolute atomic E-state index is 13.4. The monoisotopic (exact) mass is 1350 g/mol. The highest BCUT2D eigenvalue weighted by molar-refractivity contribution is 7.59. The van der Waals surface area contributed by atoms with Gasteiger partial charge in [-0.15, -0.1) is 0 Å². The van der Waals surface area contributed by atoms with Crippen LogP contribution in [0.1, 0.15) is 92.8 Å². The zero-order chi connectivity index (χ0) is 64.8. The van der Waals surface area contributed by atoms with Crippen molar-refractivity contribution in [1.29, 1.82) is 0 Å². The second-order valence-electron chi connectivity index (χ2n) is 23.8. The fourth-order valence-electron chi connectivity index (χ4n) is 10.8. The minimum absolute atomic E-state index is 0.0305. The molecule has 0 radical (unpaired) electrons. The van der Waals surface area contributed by atoms with E-state index >= 15 is 0 Å². The normalized spacial score (nSPS) is 23.7. The topological polar surface area (TPSA) is 289 Å². The molecule has 4 saturated heterocycles. The predicted octanol–water partition coefficient (Wildman–Crippen LogP) is 11.0. The zero-order valence-corrected chi connectivity index (χ0v) is 56.7. The molecule has 0 saturated carbocycles. The molecule has 488 valence electrons. The molecule has 4 fully saturated rings. The Morgan fingerprint density at radius 3 is 1.54 bits per heavy atom. The lowest BCUT2D eigenvalue weighted by Crippen LogP contribution is -2.45. The summed E-state index contributed by atoms with van der Waals surface area (Å²) >= 11 is 25.4. The number of ether oxygens (including phenoxy) is 6. The smallest absolute Gasteiger partial charge is 0.313 e. The third-order valence-electron chi connectivity index (χ3n) is 14.3. The van der Waals surface area contributed by atoms with Gasteiger partial charge >= 0.3 is 5.97 Å². The van der Waals surface area contributed by atoms with Crippen molar-refractivity contribution in [3.63, 3.8) is 0 Å². The Balaban J connectivity index is 0.000000203. The molecule has 2 aromatic carbocycles. The molecule has 0 spiro atoms. The molecule has 10 rings (SSSR count). The van der Waals surface area contributed by atoms with Crippen molar-refractivity contribution in [2.24, 2.45) is 11.8 Å². The number of rotatable bonds is 24. The number of nitrogens with one attached hydrogen (secondary N) is 3. The highest BCUT2D eigenvalue weighted by atomic mass is 35.5. The summed E-state index contributed by atoms with van der Waals surface area (Å²) in [7, 11) is -5.94. The van der Waals surface area contributed by atoms with Crippen LogP contribution in [0.25, 0.3) is 22.1 Å². The highest BCUT2D eigenvalue weighted by Gasteiger charge is 2.58. The lowest BCUT2D eigenvalue weighted by atomic mass is 10.1. The Hall–Kier alpha value is -4.66. The van der Waals surface area contributed by atoms with Gasteiger partial charge in [-0.2, -0.15) is 30.1 Å². The molecule has 10 atom stereocenters. The van der Waals surface area contributed by atoms with Crippen molar-refractivity contribution < 1.29 is 61.3 Å². The van der Waals surface area contributed by atoms with Crippen LogP contribution >= 0.6 is 61.1 Å². The first-order valence-corrected chi connectivity index (χ1v) is 35.4. The predicted molar refractivity (Wildman–Crippen MR) is 341 cm³/mol. The number of aromatic nitrogens is 8. The third kappa shape index (κ3) is 18.4. The van der Waals surface area contributed by atoms with Crippen molar-refractivity contribution in [2.75, 3.05) is 75.7 Å². The van der Waals surface area contributed by atoms with E-state index in [1.165, 1.54) is 13.3 Å². The number of hydrogen-bond acceptors (Lipinski definition) is 21. The number of anilines is 2. The van der Waals surface area contributed by atoms with E-state index in [2.05, 4.69) is 59.9 Å². The molecule has 4 N–H and O–H groups in total. The number of halogens is 4. The van der Waals surface area contributed by atoms with Crippen LogP contribution in [0.4, 0.5) is 11.6 Å². The number of aliphatic carboxylic acids is 1. The maximum atomic E-state index is 13.4. The van der Waals surface area contributed by atoms with E-state index in [1.54, 1.807) is 40.5 Å². The van der Waals surface area contributed by atoms with E-state index in [0.717, 1.165) is 23.1 Å². The van der Waals surface area contributed by atoms with E-state index in [9.17, 15) is 18.7 Å². The van der Waals surface area contributed by atoms with Gasteiger partial charge in [-0.3, -0.25) is 18.7 Å². The van der Waals surface area contributed by atoms with Gasteiger partial charge in [-0.05, 0) is 106 Å². The molecule has 0 bridgehead atoms. The number of amides is 1. The molecular formula is C58H80Cl4N12O13P2. The number of carbonyl (C=O) groups is 2. The fourth-order valence-corrected chi connectivity index (χ4v) is 14.0. The second kappa shape index (κ2) is 30.0. The zero-order valence-electron chi connectivity index (χ0n) is 51.9. The Kier molecular flexibility index (Phi) is 23.6. The summed E-state index contributed by atoms with van der Waals surface area (Å²) in [5.41, 5.74) is 2.85. The van der Waals surface area contributed by atoms with Crippen LogP contribution in [0.15, 0.2) is 60.9 Å². The third-order valence-corrected chi connectivity index (χ3v) is 18.7. The van der Waals surface area contributed by atoms with Crippen LogP contribution in [0, 0.1) is 11.8 Å². The van der Waals surface area contributed by atoms with Crippen molar-refractivity contribution in [3.8, 4) is 0 Å². The Morgan fingerprint density at radius 2 is 1.10 bits per heavy atom. The average molecular weight is 1360 g/mol. The molecule has 6 aromatic rings. The number of fused-ring (bicyclic) bond motifs is 4. The van der Waals surface area contributed by atoms with Crippen LogP contribution in [0.3, 0.4) is 0 Å². The van der Waals surface area contributed by atoms with Gasteiger partial charge in [0.05, 0.1) is 36.4 Å². The van der Waals surface area contributed by atoms with Crippen molar-refractivity contribution in [3.05, 3.63) is 92.7 Å². The van der Waals surface area contributed by atoms with Gasteiger partial charge in [0, 0.05) is 56.1 Å². The number of carboxylic acid groups (broad SMARTS) is 1. The Morgan fingerprint density at radius 1 is 0.663 bits per heavy atom. The standard InChI is InChI=1S/C29H39Cl2N6O6P.C24H30Cl2N6O3.C5H11O4P/c1-7-40-44(6,39)16-22(38)36(14-17(2)3)15-21-23-24(43-29(4,5)42-23)27(41-21)37-26-19(13-33-37)25(34-28(31)35-26)32-12-18-10-8-9-11-20(18)30;1-13(2)9-27-12-17-18-19(35-24(3,4)34-18)22(33-17)32-21-15(11-29-32)20(30-23(26)31-21)28-10-14-7-5-6-8-16(14)25;1-3-9-10(2,8)4-5(6)7/h8-11,13,17,21,23-24,27H,7,12,14-16H2,1-6H3,(H,32,34,35);5-8,11,13,17-19,22,27H,9-10,12H2,1-4H3,(H,28,30,31);3-4H2,1-2H3,(H,6,7)/t21-,23-,24-,27-,44?;17-,18-,19-,22-;/m11./s1. The van der Waals surface area contributed by atoms with E-state index in [4.69, 9.17) is 89.0 Å². The minimum Gasteiger partial charge on any atom is -0.481 e. The van der Waals surface area contributed by atoms with Gasteiger partial charge in [0.2, 0.25) is 31.2 Å². The Bertz CT molecular complexity index is 3530. The summed E-state index contributed by atoms with van der Waals surface area (Å²) < 4.78 is 75.4. The second-order valence-corrected chi connectivity index (χ2v) is 30.5. The number of carbonyl (C=O) groups excluding carboxylic acids is 1. The van der Waals surface area contributed by atoms with E-state index < -0.39 is 63.0 Å². The SMILES string of the molecule is CC(C)CNC[C@H]1O[C@@H](n2ncc3c(NCc4ccccc4Cl)nc(Cl)nc32)[C@@H]2OC(C)(C)O[C@@H]21.CCOP(C)(=O)CC(=O)N(CC(C)C)C[C@H]1O[C@@H](n2ncc3c(NCc4ccccc4Cl)nc(Cl)nc32)[C@@H]2OC(C)(C)O[C@@H]21.CCOP(C)(=O)CC(=O)O. The number of benzene rings is 2. The molecular weight excluding hydrogens is 1280 g/mol. The highest BCUT2D eigenvalue weighted by Crippen LogP contribution is 2.47. The van der Waals surface area contributed by atoms with E-state index in [1.807, 2.05) is 90.1 Å². The summed E-state index contributed by atoms with van der Waals surface area (Å²) in [6.45, 7) is 25.8. The maximum Gasteiger partial charge on any atom is 0.313 e. The van der Waals surface area contributed by atoms with Crippen molar-refractivity contribution in [2.45, 2.75) is 143 Å². The molecule has 1 amide bonds. The lowest BCUT2D eigenvalue weighted by Gasteiger charge is -2.30. The lowest BCUT2D eigenvalue weighted by molar-refractivity contribution is -0.199. The van der Waals surface area contributed by atoms with Gasteiger partial charge in [-0.1, -0.05) is 87.3 Å². The van der Waals surface area contributed by atoms with Crippen LogP contribution in [-0.2, 0) is 69.3 Å². The van der Waals surface area contributed by atoms with Crippen LogP contribution in [0.2, 0.25) is 20.6 Å². The van der Waals surface area contributed by atoms with Crippen LogP contribution in [0.5, 0.6) is 0 Å². The Labute approximate surface area is 538 Å². The molecule has 4 aliphatic heterocycles. The van der Waals surface area contributed by atoms with Gasteiger partial charge < -0.3 is 63.4 Å². The molecule has 4 aromatic heterocycles. The van der Waals surface area contributed by atoms with Crippen LogP contribution < -0.4 is 16.0 Å². The van der Waals surface area contributed by atoms with Gasteiger partial charge in [0.15, 0.2) is 35.3 Å². The number of nitrogens with zero attached hydrogens (tertiary/aromatic N) is 9. The summed E-state index contributed by atoms with van der Waals surface area (Å²) in [4.78, 5) is 42.8. The molecule has 31 heteroatoms. The van der Waals surface area contributed by atoms with Crippen molar-refractivity contribution in [1.82, 2.24) is 49.7 Å². The largest absolute Gasteiger partial charge is 0.481 e. The van der Waals surface area contributed by atoms with Crippen LogP contribution in [-0.4, -0.2) is 175 Å². The van der Waals surface area contributed by atoms with E-state index in [-0.39, 0.29) is 66.2 Å². The molecule has 89 heavy (non-hydrogen) atoms. The molecule has 8 heterocycles. The van der Waals surface area contributed by atoms with Crippen molar-refractivity contribution >= 4 is 107 Å². The summed E-state index contributed by atoms with van der Waals surface area (Å²) in [6, 6.07) is 15.2. The summed E-state index contributed by atoms with van der Waals surface area (Å²) in [6.07, 6.45) is -0.863. The number of hydrogen-bond donors (Lipinski definition) is 4. The first-order chi connectivity index (χ1) is 42.0. The fraction of sp³-hybridized carbons (Fsp3) is 0.586. The van der Waals surface area contributed by atoms with Gasteiger partial charge in [0.1, 0.15) is 60.6 Å². The van der Waals surface area contributed by atoms with Gasteiger partial charge in [-0.25, -0.2) is 9.36 Å². The van der Waals surface area contributed by atoms with Gasteiger partial charge in [0.25, 0.3) is 0 Å². The first-order valence-electron chi connectivity index (χ1n) is 29.4. The molecule has 2 unspecified atom stereocenters. The summed E-state index contributed by atoms with van der Waals surface area (Å²) in [5, 5.41) is 30.3. The minimum atomic E-state index is -3.09. The van der Waals surface area contributed by atoms with E-state index in [0.29, 0.717) is 77.1 Å². The first kappa shape index (κ1) is 70.2. The quantitative estimate of drug-likeness (QED) is 0.0323. The average Bonchev–Trinajstić information content (AvgIpc) is 1.64. The molecule has 25 nitrogen and oxygen atoms in total. The molecule has 4 aliphatic rings. The number of carboxylic acids is 1.